The number of benzene rings is 1. The fourth-order valence-electron chi connectivity index (χ4n) is 3.91. The molecule has 1 saturated carbocycles. The van der Waals surface area contributed by atoms with Crippen LogP contribution in [0, 0.1) is 0 Å². The van der Waals surface area contributed by atoms with Gasteiger partial charge in [0.15, 0.2) is 17.1 Å². The summed E-state index contributed by atoms with van der Waals surface area (Å²) in [6, 6.07) is 3.77. The molecule has 0 spiro atoms. The lowest BCUT2D eigenvalue weighted by Crippen LogP contribution is -2.60. The molecule has 9 N–H and O–H groups in total. The van der Waals surface area contributed by atoms with Gasteiger partial charge in [-0.15, -0.1) is 0 Å². The maximum absolute atomic E-state index is 12.2. The number of aromatic hydroxyl groups is 1. The normalized spacial score (nSPS) is 37.0. The minimum absolute atomic E-state index is 0.243. The molecule has 0 aromatic heterocycles. The van der Waals surface area contributed by atoms with E-state index in [1.54, 1.807) is 0 Å². The Kier molecular flexibility index (Phi) is 8.53. The van der Waals surface area contributed by atoms with Crippen LogP contribution in [0.2, 0.25) is 0 Å². The Morgan fingerprint density at radius 2 is 1.75 bits per heavy atom. The van der Waals surface area contributed by atoms with Gasteiger partial charge in [-0.2, -0.15) is 0 Å². The molecule has 200 valence electrons. The van der Waals surface area contributed by atoms with Crippen molar-refractivity contribution >= 4 is 18.0 Å². The van der Waals surface area contributed by atoms with Crippen LogP contribution < -0.4 is 4.74 Å². The lowest BCUT2D eigenvalue weighted by atomic mass is 9.79. The number of phenols is 1. The van der Waals surface area contributed by atoms with Crippen LogP contribution in [0.25, 0.3) is 6.08 Å². The van der Waals surface area contributed by atoms with Gasteiger partial charge in [0.1, 0.15) is 36.6 Å². The van der Waals surface area contributed by atoms with E-state index in [0.29, 0.717) is 0 Å². The SMILES string of the molecule is O=C(/C=C\c1ccc(O)c(O[C@@H]2O[C@H](CO)[C@@H](O)[C@H](O)[C@H]2O)c1)O[C@@H]1C[C@@](O)(C(=O)O)C[C@@H](O)[C@@H]1O. The molecule has 0 amide bonds. The fourth-order valence-corrected chi connectivity index (χ4v) is 3.91. The van der Waals surface area contributed by atoms with Crippen molar-refractivity contribution < 1.29 is 69.8 Å². The van der Waals surface area contributed by atoms with Gasteiger partial charge in [0.05, 0.1) is 12.7 Å². The lowest BCUT2D eigenvalue weighted by molar-refractivity contribution is -0.277. The Hall–Kier alpha value is -2.82. The van der Waals surface area contributed by atoms with E-state index in [1.807, 2.05) is 0 Å². The molecule has 1 saturated heterocycles. The van der Waals surface area contributed by atoms with E-state index < -0.39 is 91.8 Å². The molecular formula is C22H28O14. The van der Waals surface area contributed by atoms with Gasteiger partial charge in [0.25, 0.3) is 0 Å². The smallest absolute Gasteiger partial charge is 0.335 e. The van der Waals surface area contributed by atoms with Crippen LogP contribution in [-0.2, 0) is 19.1 Å². The zero-order valence-electron chi connectivity index (χ0n) is 18.7. The van der Waals surface area contributed by atoms with Crippen LogP contribution >= 0.6 is 0 Å². The molecule has 0 bridgehead atoms. The van der Waals surface area contributed by atoms with Crippen LogP contribution in [0.5, 0.6) is 11.5 Å². The molecule has 2 fully saturated rings. The summed E-state index contributed by atoms with van der Waals surface area (Å²) in [4.78, 5) is 23.5. The number of ether oxygens (including phenoxy) is 3. The zero-order valence-corrected chi connectivity index (χ0v) is 18.7. The average molecular weight is 516 g/mol. The average Bonchev–Trinajstić information content (AvgIpc) is 2.82. The molecular weight excluding hydrogens is 488 g/mol. The lowest BCUT2D eigenvalue weighted by Gasteiger charge is -2.39. The third-order valence-electron chi connectivity index (χ3n) is 6.01. The van der Waals surface area contributed by atoms with E-state index >= 15 is 0 Å². The number of aliphatic carboxylic acids is 1. The van der Waals surface area contributed by atoms with Gasteiger partial charge in [0, 0.05) is 18.9 Å². The number of aliphatic hydroxyl groups is 7. The molecule has 36 heavy (non-hydrogen) atoms. The van der Waals surface area contributed by atoms with Crippen LogP contribution in [0.15, 0.2) is 24.3 Å². The van der Waals surface area contributed by atoms with E-state index in [9.17, 15) is 50.4 Å². The molecule has 1 aromatic rings. The monoisotopic (exact) mass is 516 g/mol. The Balaban J connectivity index is 1.68. The topological polar surface area (TPSA) is 244 Å². The molecule has 1 heterocycles. The molecule has 1 aliphatic carbocycles. The Bertz CT molecular complexity index is 979. The number of hydrogen-bond donors (Lipinski definition) is 9. The number of carboxylic acid groups (broad SMARTS) is 1. The number of aliphatic hydroxyl groups excluding tert-OH is 6. The summed E-state index contributed by atoms with van der Waals surface area (Å²) in [5, 5.41) is 88.3. The van der Waals surface area contributed by atoms with Gasteiger partial charge >= 0.3 is 11.9 Å². The molecule has 14 heteroatoms. The van der Waals surface area contributed by atoms with Gasteiger partial charge in [0.2, 0.25) is 6.29 Å². The van der Waals surface area contributed by atoms with E-state index in [1.165, 1.54) is 24.3 Å². The number of carbonyl (C=O) groups excluding carboxylic acids is 1. The molecule has 0 unspecified atom stereocenters. The third kappa shape index (κ3) is 5.93. The maximum atomic E-state index is 12.2. The van der Waals surface area contributed by atoms with Crippen molar-refractivity contribution in [2.75, 3.05) is 6.61 Å². The van der Waals surface area contributed by atoms with Gasteiger partial charge < -0.3 is 60.2 Å². The highest BCUT2D eigenvalue weighted by Crippen LogP contribution is 2.33. The van der Waals surface area contributed by atoms with E-state index in [0.717, 1.165) is 6.08 Å². The van der Waals surface area contributed by atoms with Crippen molar-refractivity contribution in [3.8, 4) is 11.5 Å². The second-order valence-corrected chi connectivity index (χ2v) is 8.65. The van der Waals surface area contributed by atoms with Gasteiger partial charge in [-0.25, -0.2) is 9.59 Å². The van der Waals surface area contributed by atoms with Crippen molar-refractivity contribution in [1.82, 2.24) is 0 Å². The highest BCUT2D eigenvalue weighted by molar-refractivity contribution is 5.87. The van der Waals surface area contributed by atoms with Gasteiger partial charge in [-0.05, 0) is 23.8 Å². The van der Waals surface area contributed by atoms with E-state index in [4.69, 9.17) is 19.3 Å². The summed E-state index contributed by atoms with van der Waals surface area (Å²) < 4.78 is 15.6. The summed E-state index contributed by atoms with van der Waals surface area (Å²) in [6.45, 7) is -0.682. The first kappa shape index (κ1) is 27.8. The van der Waals surface area contributed by atoms with Crippen LogP contribution in [0.1, 0.15) is 18.4 Å². The van der Waals surface area contributed by atoms with Crippen LogP contribution in [0.3, 0.4) is 0 Å². The first-order chi connectivity index (χ1) is 16.9. The minimum atomic E-state index is -2.39. The largest absolute Gasteiger partial charge is 0.504 e. The molecule has 1 aromatic carbocycles. The van der Waals surface area contributed by atoms with Gasteiger partial charge in [-0.1, -0.05) is 6.07 Å². The summed E-state index contributed by atoms with van der Waals surface area (Å²) in [7, 11) is 0. The van der Waals surface area contributed by atoms with Gasteiger partial charge in [-0.3, -0.25) is 0 Å². The third-order valence-corrected chi connectivity index (χ3v) is 6.01. The van der Waals surface area contributed by atoms with Crippen molar-refractivity contribution in [2.24, 2.45) is 0 Å². The molecule has 9 atom stereocenters. The van der Waals surface area contributed by atoms with Crippen LogP contribution in [-0.4, -0.2) is 119 Å². The van der Waals surface area contributed by atoms with Crippen molar-refractivity contribution in [3.63, 3.8) is 0 Å². The summed E-state index contributed by atoms with van der Waals surface area (Å²) in [5.41, 5.74) is -2.13. The van der Waals surface area contributed by atoms with E-state index in [-0.39, 0.29) is 11.3 Å². The number of carbonyl (C=O) groups is 2. The van der Waals surface area contributed by atoms with Crippen molar-refractivity contribution in [3.05, 3.63) is 29.8 Å². The molecule has 2 aliphatic rings. The number of phenolic OH excluding ortho intramolecular Hbond substituents is 1. The number of carboxylic acids is 1. The maximum Gasteiger partial charge on any atom is 0.335 e. The second-order valence-electron chi connectivity index (χ2n) is 8.65. The quantitative estimate of drug-likeness (QED) is 0.128. The minimum Gasteiger partial charge on any atom is -0.504 e. The molecule has 3 rings (SSSR count). The Morgan fingerprint density at radius 3 is 2.39 bits per heavy atom. The Labute approximate surface area is 203 Å². The standard InChI is InChI=1S/C22H28O14/c23-8-14-17(28)18(29)19(30)20(36-14)35-12-5-9(1-3-10(12)24)2-4-15(26)34-13-7-22(33,21(31)32)6-11(25)16(13)27/h1-5,11,13-14,16-20,23-25,27-30,33H,6-8H2,(H,31,32)/b4-2-/t11-,13-,14-,16+,17-,18+,19-,20-,22-/m1/s1. The first-order valence-corrected chi connectivity index (χ1v) is 10.9. The molecule has 0 radical (unpaired) electrons. The summed E-state index contributed by atoms with van der Waals surface area (Å²) >= 11 is 0. The van der Waals surface area contributed by atoms with Crippen molar-refractivity contribution in [2.45, 2.75) is 67.5 Å². The molecule has 14 nitrogen and oxygen atoms in total. The molecule has 1 aliphatic heterocycles. The predicted octanol–water partition coefficient (Wildman–Crippen LogP) is -3.17. The second kappa shape index (κ2) is 11.1. The first-order valence-electron chi connectivity index (χ1n) is 10.9. The van der Waals surface area contributed by atoms with E-state index in [2.05, 4.69) is 0 Å². The highest BCUT2D eigenvalue weighted by Gasteiger charge is 2.50. The Morgan fingerprint density at radius 1 is 1.06 bits per heavy atom. The number of rotatable bonds is 7. The predicted molar refractivity (Wildman–Crippen MR) is 115 cm³/mol. The number of hydrogen-bond acceptors (Lipinski definition) is 13. The highest BCUT2D eigenvalue weighted by atomic mass is 16.7. The summed E-state index contributed by atoms with van der Waals surface area (Å²) in [6.07, 6.45) is -11.8. The van der Waals surface area contributed by atoms with Crippen molar-refractivity contribution in [1.29, 1.82) is 0 Å². The number of esters is 1. The zero-order chi connectivity index (χ0) is 26.8. The fraction of sp³-hybridized carbons (Fsp3) is 0.545. The van der Waals surface area contributed by atoms with Crippen LogP contribution in [0.4, 0.5) is 0 Å². The summed E-state index contributed by atoms with van der Waals surface area (Å²) in [5.74, 6) is -3.32.